The third-order valence-corrected chi connectivity index (χ3v) is 18.2. The summed E-state index contributed by atoms with van der Waals surface area (Å²) in [6.45, 7) is 20.8. The van der Waals surface area contributed by atoms with Crippen molar-refractivity contribution in [1.29, 1.82) is 0 Å². The van der Waals surface area contributed by atoms with Crippen LogP contribution in [0.25, 0.3) is 0 Å². The molecule has 240 valence electrons. The van der Waals surface area contributed by atoms with Crippen LogP contribution in [0.15, 0.2) is 47.4 Å². The maximum atomic E-state index is 13.4. The van der Waals surface area contributed by atoms with E-state index in [1.165, 1.54) is 16.8 Å². The smallest absolute Gasteiger partial charge is 0.351 e. The van der Waals surface area contributed by atoms with Crippen LogP contribution >= 0.6 is 0 Å². The summed E-state index contributed by atoms with van der Waals surface area (Å²) >= 11 is 0. The summed E-state index contributed by atoms with van der Waals surface area (Å²) in [6.07, 6.45) is -1.53. The van der Waals surface area contributed by atoms with Gasteiger partial charge in [-0.3, -0.25) is 13.5 Å². The molecule has 4 atom stereocenters. The zero-order valence-electron chi connectivity index (χ0n) is 27.1. The van der Waals surface area contributed by atoms with Crippen molar-refractivity contribution in [2.24, 2.45) is 0 Å². The van der Waals surface area contributed by atoms with Gasteiger partial charge in [-0.2, -0.15) is 13.4 Å². The number of carbonyl (C=O) groups is 1. The van der Waals surface area contributed by atoms with Gasteiger partial charge in [-0.05, 0) is 54.5 Å². The van der Waals surface area contributed by atoms with E-state index in [-0.39, 0.29) is 22.5 Å². The Morgan fingerprint density at radius 2 is 1.56 bits per heavy atom. The molecule has 0 bridgehead atoms. The molecule has 1 saturated heterocycles. The van der Waals surface area contributed by atoms with Gasteiger partial charge < -0.3 is 18.9 Å². The van der Waals surface area contributed by atoms with Crippen LogP contribution in [-0.4, -0.2) is 71.7 Å². The Labute approximate surface area is 257 Å². The summed E-state index contributed by atoms with van der Waals surface area (Å²) in [5.41, 5.74) is -0.287. The minimum absolute atomic E-state index is 0.0535. The number of nitrogens with zero attached hydrogens (tertiary/aromatic N) is 2. The first kappa shape index (κ1) is 35.3. The van der Waals surface area contributed by atoms with E-state index >= 15 is 0 Å². The number of anilines is 1. The molecule has 0 unspecified atom stereocenters. The molecule has 0 spiro atoms. The molecule has 1 N–H and O–H groups in total. The highest BCUT2D eigenvalue weighted by atomic mass is 32.2. The highest BCUT2D eigenvalue weighted by Crippen LogP contribution is 2.43. The Balaban J connectivity index is 2.03. The first-order chi connectivity index (χ1) is 19.5. The standard InChI is InChI=1S/C29H47N3O8SSi2/c1-28(2,3)42(8,9)37-19-21-23(39-41(7,35)36)24(40-43(10,11)29(4,5)6)26(38-21)32-18-17-22(31-27(32)34)30-25(33)20-15-13-12-14-16-20/h12-18,21,23-24,26H,19H2,1-11H3,(H,30,31,33,34)/t21-,23-,24-,26-/m1/s1. The molecule has 1 aromatic heterocycles. The van der Waals surface area contributed by atoms with Gasteiger partial charge in [0.05, 0.1) is 12.9 Å². The topological polar surface area (TPSA) is 135 Å². The Bertz CT molecular complexity index is 1450. The highest BCUT2D eigenvalue weighted by Gasteiger charge is 2.53. The third-order valence-electron chi connectivity index (χ3n) is 8.60. The molecule has 14 heteroatoms. The van der Waals surface area contributed by atoms with Crippen LogP contribution in [0.5, 0.6) is 0 Å². The van der Waals surface area contributed by atoms with Crippen LogP contribution < -0.4 is 11.0 Å². The van der Waals surface area contributed by atoms with Crippen molar-refractivity contribution in [3.63, 3.8) is 0 Å². The van der Waals surface area contributed by atoms with Crippen molar-refractivity contribution in [2.45, 2.75) is 102 Å². The van der Waals surface area contributed by atoms with Crippen LogP contribution in [-0.2, 0) is 27.9 Å². The van der Waals surface area contributed by atoms with Gasteiger partial charge in [-0.15, -0.1) is 0 Å². The molecular formula is C29H47N3O8SSi2. The maximum absolute atomic E-state index is 13.4. The van der Waals surface area contributed by atoms with Crippen LogP contribution in [0.1, 0.15) is 58.1 Å². The fourth-order valence-corrected chi connectivity index (χ4v) is 6.92. The molecule has 0 saturated carbocycles. The Morgan fingerprint density at radius 3 is 2.07 bits per heavy atom. The highest BCUT2D eigenvalue weighted by molar-refractivity contribution is 7.86. The van der Waals surface area contributed by atoms with Crippen molar-refractivity contribution in [1.82, 2.24) is 9.55 Å². The third kappa shape index (κ3) is 8.71. The van der Waals surface area contributed by atoms with E-state index in [0.29, 0.717) is 5.56 Å². The molecule has 1 fully saturated rings. The lowest BCUT2D eigenvalue weighted by Gasteiger charge is -2.40. The van der Waals surface area contributed by atoms with Gasteiger partial charge in [0.25, 0.3) is 16.0 Å². The predicted octanol–water partition coefficient (Wildman–Crippen LogP) is 5.15. The zero-order valence-corrected chi connectivity index (χ0v) is 29.9. The van der Waals surface area contributed by atoms with E-state index in [1.807, 2.05) is 13.1 Å². The number of benzene rings is 1. The SMILES string of the molecule is CC(C)(C)[Si](C)(C)OC[C@H]1O[C@@H](n2ccc(NC(=O)c3ccccc3)nc2=O)[C@H](O[Si](C)(C)C(C)(C)C)[C@@H]1OS(C)(=O)=O. The molecule has 1 amide bonds. The van der Waals surface area contributed by atoms with Crippen molar-refractivity contribution in [2.75, 3.05) is 18.2 Å². The fourth-order valence-electron chi connectivity index (χ4n) is 3.99. The lowest BCUT2D eigenvalue weighted by Crippen LogP contribution is -2.51. The number of carbonyl (C=O) groups excluding carboxylic acids is 1. The molecule has 2 aromatic rings. The molecule has 0 aliphatic carbocycles. The summed E-state index contributed by atoms with van der Waals surface area (Å²) in [4.78, 5) is 30.1. The number of hydrogen-bond acceptors (Lipinski definition) is 9. The molecule has 43 heavy (non-hydrogen) atoms. The van der Waals surface area contributed by atoms with E-state index in [9.17, 15) is 18.0 Å². The van der Waals surface area contributed by atoms with E-state index in [1.54, 1.807) is 30.3 Å². The second kappa shape index (κ2) is 12.7. The number of nitrogens with one attached hydrogen (secondary N) is 1. The van der Waals surface area contributed by atoms with Crippen LogP contribution in [0.3, 0.4) is 0 Å². The first-order valence-electron chi connectivity index (χ1n) is 14.3. The maximum Gasteiger partial charge on any atom is 0.351 e. The molecule has 1 aromatic carbocycles. The lowest BCUT2D eigenvalue weighted by molar-refractivity contribution is -0.0504. The second-order valence-electron chi connectivity index (χ2n) is 14.1. The molecule has 1 aliphatic heterocycles. The van der Waals surface area contributed by atoms with Gasteiger partial charge in [0.1, 0.15) is 24.1 Å². The molecule has 0 radical (unpaired) electrons. The van der Waals surface area contributed by atoms with Crippen molar-refractivity contribution in [3.05, 3.63) is 58.6 Å². The Morgan fingerprint density at radius 1 is 0.977 bits per heavy atom. The zero-order chi connectivity index (χ0) is 32.6. The van der Waals surface area contributed by atoms with Gasteiger partial charge in [-0.1, -0.05) is 59.7 Å². The van der Waals surface area contributed by atoms with Crippen molar-refractivity contribution in [3.8, 4) is 0 Å². The average molecular weight is 654 g/mol. The van der Waals surface area contributed by atoms with Crippen LogP contribution in [0, 0.1) is 0 Å². The number of ether oxygens (including phenoxy) is 1. The van der Waals surface area contributed by atoms with Gasteiger partial charge in [0.2, 0.25) is 0 Å². The minimum Gasteiger partial charge on any atom is -0.414 e. The fraction of sp³-hybridized carbons (Fsp3) is 0.621. The van der Waals surface area contributed by atoms with Gasteiger partial charge in [0.15, 0.2) is 22.9 Å². The number of amides is 1. The van der Waals surface area contributed by atoms with Crippen LogP contribution in [0.4, 0.5) is 5.82 Å². The Hall–Kier alpha value is -2.21. The van der Waals surface area contributed by atoms with Crippen molar-refractivity contribution < 1.29 is 31.0 Å². The predicted molar refractivity (Wildman–Crippen MR) is 172 cm³/mol. The summed E-state index contributed by atoms with van der Waals surface area (Å²) in [5.74, 6) is -0.345. The number of aromatic nitrogens is 2. The number of rotatable bonds is 10. The van der Waals surface area contributed by atoms with Crippen LogP contribution in [0.2, 0.25) is 36.3 Å². The lowest BCUT2D eigenvalue weighted by atomic mass is 10.1. The van der Waals surface area contributed by atoms with E-state index < -0.39 is 62.9 Å². The van der Waals surface area contributed by atoms with E-state index in [0.717, 1.165) is 6.26 Å². The monoisotopic (exact) mass is 653 g/mol. The van der Waals surface area contributed by atoms with Crippen molar-refractivity contribution >= 4 is 38.5 Å². The van der Waals surface area contributed by atoms with E-state index in [2.05, 4.69) is 64.9 Å². The minimum atomic E-state index is -3.95. The van der Waals surface area contributed by atoms with Gasteiger partial charge >= 0.3 is 5.69 Å². The average Bonchev–Trinajstić information content (AvgIpc) is 3.16. The van der Waals surface area contributed by atoms with Gasteiger partial charge in [-0.25, -0.2) is 4.79 Å². The number of hydrogen-bond donors (Lipinski definition) is 1. The van der Waals surface area contributed by atoms with E-state index in [4.69, 9.17) is 17.8 Å². The summed E-state index contributed by atoms with van der Waals surface area (Å²) in [7, 11) is -8.76. The second-order valence-corrected chi connectivity index (χ2v) is 25.2. The molecular weight excluding hydrogens is 607 g/mol. The summed E-state index contributed by atoms with van der Waals surface area (Å²) in [6, 6.07) is 10.1. The Kier molecular flexibility index (Phi) is 10.4. The summed E-state index contributed by atoms with van der Waals surface area (Å²) < 4.78 is 51.5. The normalized spacial score (nSPS) is 22.0. The molecule has 1 aliphatic rings. The molecule has 3 rings (SSSR count). The molecule has 11 nitrogen and oxygen atoms in total. The molecule has 2 heterocycles. The summed E-state index contributed by atoms with van der Waals surface area (Å²) in [5, 5.41) is 2.30. The first-order valence-corrected chi connectivity index (χ1v) is 22.0. The quantitative estimate of drug-likeness (QED) is 0.273. The van der Waals surface area contributed by atoms with Gasteiger partial charge in [0, 0.05) is 11.8 Å². The largest absolute Gasteiger partial charge is 0.414 e.